The SMILES string of the molecule is CC(CC1CCC1)NCCNS(C)(=O)=O. The number of hydrogen-bond donors (Lipinski definition) is 2. The minimum Gasteiger partial charge on any atom is -0.313 e. The third kappa shape index (κ3) is 6.12. The van der Waals surface area contributed by atoms with Crippen molar-refractivity contribution in [2.75, 3.05) is 19.3 Å². The Bertz CT molecular complexity index is 273. The molecule has 1 rings (SSSR count). The van der Waals surface area contributed by atoms with Crippen molar-refractivity contribution < 1.29 is 8.42 Å². The molecule has 1 atom stereocenters. The topological polar surface area (TPSA) is 58.2 Å². The van der Waals surface area contributed by atoms with E-state index in [1.807, 2.05) is 0 Å². The van der Waals surface area contributed by atoms with Gasteiger partial charge in [0.1, 0.15) is 0 Å². The molecule has 1 saturated carbocycles. The van der Waals surface area contributed by atoms with Gasteiger partial charge in [-0.2, -0.15) is 0 Å². The molecule has 90 valence electrons. The number of sulfonamides is 1. The molecule has 0 saturated heterocycles. The van der Waals surface area contributed by atoms with Gasteiger partial charge < -0.3 is 5.32 Å². The van der Waals surface area contributed by atoms with E-state index in [1.54, 1.807) is 0 Å². The molecule has 0 radical (unpaired) electrons. The molecule has 0 spiro atoms. The molecule has 1 unspecified atom stereocenters. The molecule has 0 aromatic carbocycles. The minimum absolute atomic E-state index is 0.480. The van der Waals surface area contributed by atoms with Crippen molar-refractivity contribution in [3.05, 3.63) is 0 Å². The Kier molecular flexibility index (Phi) is 5.02. The molecule has 0 aromatic heterocycles. The Morgan fingerprint density at radius 3 is 2.47 bits per heavy atom. The van der Waals surface area contributed by atoms with Gasteiger partial charge in [0.2, 0.25) is 10.0 Å². The molecular weight excluding hydrogens is 212 g/mol. The fourth-order valence-corrected chi connectivity index (χ4v) is 2.34. The molecule has 1 aliphatic carbocycles. The summed E-state index contributed by atoms with van der Waals surface area (Å²) < 4.78 is 24.0. The zero-order valence-electron chi connectivity index (χ0n) is 9.62. The van der Waals surface area contributed by atoms with Crippen LogP contribution in [-0.2, 0) is 10.0 Å². The molecule has 0 aliphatic heterocycles. The lowest BCUT2D eigenvalue weighted by molar-refractivity contribution is 0.266. The van der Waals surface area contributed by atoms with Gasteiger partial charge in [0.25, 0.3) is 0 Å². The van der Waals surface area contributed by atoms with E-state index >= 15 is 0 Å². The second-order valence-corrected chi connectivity index (χ2v) is 6.39. The number of rotatable bonds is 7. The zero-order chi connectivity index (χ0) is 11.3. The Labute approximate surface area is 92.9 Å². The molecule has 1 aliphatic rings. The van der Waals surface area contributed by atoms with Crippen molar-refractivity contribution >= 4 is 10.0 Å². The van der Waals surface area contributed by atoms with E-state index in [4.69, 9.17) is 0 Å². The monoisotopic (exact) mass is 234 g/mol. The highest BCUT2D eigenvalue weighted by Gasteiger charge is 2.19. The van der Waals surface area contributed by atoms with Gasteiger partial charge in [-0.05, 0) is 19.3 Å². The van der Waals surface area contributed by atoms with Gasteiger partial charge in [-0.1, -0.05) is 19.3 Å². The fraction of sp³-hybridized carbons (Fsp3) is 1.00. The summed E-state index contributed by atoms with van der Waals surface area (Å²) in [5.74, 6) is 0.898. The van der Waals surface area contributed by atoms with Crippen molar-refractivity contribution in [2.24, 2.45) is 5.92 Å². The average molecular weight is 234 g/mol. The van der Waals surface area contributed by atoms with Crippen LogP contribution in [0.3, 0.4) is 0 Å². The van der Waals surface area contributed by atoms with E-state index in [0.717, 1.165) is 5.92 Å². The fourth-order valence-electron chi connectivity index (χ4n) is 1.87. The molecule has 0 amide bonds. The third-order valence-corrected chi connectivity index (χ3v) is 3.62. The number of nitrogens with one attached hydrogen (secondary N) is 2. The number of hydrogen-bond acceptors (Lipinski definition) is 3. The summed E-state index contributed by atoms with van der Waals surface area (Å²) >= 11 is 0. The molecule has 5 heteroatoms. The van der Waals surface area contributed by atoms with E-state index in [2.05, 4.69) is 17.0 Å². The smallest absolute Gasteiger partial charge is 0.208 e. The van der Waals surface area contributed by atoms with Crippen LogP contribution in [0.4, 0.5) is 0 Å². The lowest BCUT2D eigenvalue weighted by Gasteiger charge is -2.28. The highest BCUT2D eigenvalue weighted by Crippen LogP contribution is 2.30. The van der Waals surface area contributed by atoms with E-state index < -0.39 is 10.0 Å². The minimum atomic E-state index is -3.03. The van der Waals surface area contributed by atoms with Crippen molar-refractivity contribution in [3.8, 4) is 0 Å². The summed E-state index contributed by atoms with van der Waals surface area (Å²) in [7, 11) is -3.03. The van der Waals surface area contributed by atoms with Gasteiger partial charge in [-0.25, -0.2) is 13.1 Å². The van der Waals surface area contributed by atoms with Gasteiger partial charge >= 0.3 is 0 Å². The maximum atomic E-state index is 10.8. The first-order valence-electron chi connectivity index (χ1n) is 5.65. The Morgan fingerprint density at radius 2 is 2.00 bits per heavy atom. The third-order valence-electron chi connectivity index (χ3n) is 2.89. The molecule has 15 heavy (non-hydrogen) atoms. The Hall–Kier alpha value is -0.130. The van der Waals surface area contributed by atoms with E-state index in [1.165, 1.54) is 31.9 Å². The van der Waals surface area contributed by atoms with Crippen LogP contribution in [0.15, 0.2) is 0 Å². The van der Waals surface area contributed by atoms with E-state index in [-0.39, 0.29) is 0 Å². The maximum absolute atomic E-state index is 10.8. The molecular formula is C10H22N2O2S. The van der Waals surface area contributed by atoms with Crippen LogP contribution < -0.4 is 10.0 Å². The van der Waals surface area contributed by atoms with Gasteiger partial charge in [0, 0.05) is 19.1 Å². The van der Waals surface area contributed by atoms with E-state index in [9.17, 15) is 8.42 Å². The highest BCUT2D eigenvalue weighted by atomic mass is 32.2. The predicted octanol–water partition coefficient (Wildman–Crippen LogP) is 0.704. The van der Waals surface area contributed by atoms with Crippen LogP contribution in [0.5, 0.6) is 0 Å². The van der Waals surface area contributed by atoms with Crippen molar-refractivity contribution in [2.45, 2.75) is 38.6 Å². The first-order chi connectivity index (χ1) is 6.97. The summed E-state index contributed by atoms with van der Waals surface area (Å²) in [6.45, 7) is 3.35. The Morgan fingerprint density at radius 1 is 1.33 bits per heavy atom. The lowest BCUT2D eigenvalue weighted by atomic mass is 9.81. The summed E-state index contributed by atoms with van der Waals surface area (Å²) in [5.41, 5.74) is 0. The molecule has 0 bridgehead atoms. The van der Waals surface area contributed by atoms with Gasteiger partial charge in [0.15, 0.2) is 0 Å². The van der Waals surface area contributed by atoms with Crippen molar-refractivity contribution in [1.82, 2.24) is 10.0 Å². The van der Waals surface area contributed by atoms with Gasteiger partial charge in [-0.15, -0.1) is 0 Å². The van der Waals surface area contributed by atoms with Crippen LogP contribution in [-0.4, -0.2) is 33.8 Å². The van der Waals surface area contributed by atoms with Crippen LogP contribution in [0, 0.1) is 5.92 Å². The first-order valence-corrected chi connectivity index (χ1v) is 7.54. The second kappa shape index (κ2) is 5.82. The largest absolute Gasteiger partial charge is 0.313 e. The zero-order valence-corrected chi connectivity index (χ0v) is 10.4. The maximum Gasteiger partial charge on any atom is 0.208 e. The lowest BCUT2D eigenvalue weighted by Crippen LogP contribution is -2.36. The normalized spacial score (nSPS) is 19.9. The second-order valence-electron chi connectivity index (χ2n) is 4.55. The quantitative estimate of drug-likeness (QED) is 0.638. The molecule has 0 aromatic rings. The van der Waals surface area contributed by atoms with Crippen LogP contribution in [0.2, 0.25) is 0 Å². The summed E-state index contributed by atoms with van der Waals surface area (Å²) in [6.07, 6.45) is 6.53. The molecule has 2 N–H and O–H groups in total. The van der Waals surface area contributed by atoms with E-state index in [0.29, 0.717) is 19.1 Å². The Balaban J connectivity index is 1.99. The van der Waals surface area contributed by atoms with Gasteiger partial charge in [-0.3, -0.25) is 0 Å². The summed E-state index contributed by atoms with van der Waals surface area (Å²) in [5, 5.41) is 3.33. The van der Waals surface area contributed by atoms with Crippen LogP contribution in [0.1, 0.15) is 32.6 Å². The van der Waals surface area contributed by atoms with Gasteiger partial charge in [0.05, 0.1) is 6.26 Å². The first kappa shape index (κ1) is 12.9. The molecule has 1 fully saturated rings. The van der Waals surface area contributed by atoms with Crippen LogP contribution in [0.25, 0.3) is 0 Å². The summed E-state index contributed by atoms with van der Waals surface area (Å²) in [4.78, 5) is 0. The highest BCUT2D eigenvalue weighted by molar-refractivity contribution is 7.88. The predicted molar refractivity (Wildman–Crippen MR) is 62.3 cm³/mol. The van der Waals surface area contributed by atoms with Crippen molar-refractivity contribution in [3.63, 3.8) is 0 Å². The standard InChI is InChI=1S/C10H22N2O2S/c1-9(8-10-4-3-5-10)11-6-7-12-15(2,13)14/h9-12H,3-8H2,1-2H3. The molecule has 0 heterocycles. The average Bonchev–Trinajstić information content (AvgIpc) is 2.04. The molecule has 4 nitrogen and oxygen atoms in total. The van der Waals surface area contributed by atoms with Crippen molar-refractivity contribution in [1.29, 1.82) is 0 Å². The summed E-state index contributed by atoms with van der Waals surface area (Å²) in [6, 6.07) is 0.497. The van der Waals surface area contributed by atoms with Crippen LogP contribution >= 0.6 is 0 Å².